The summed E-state index contributed by atoms with van der Waals surface area (Å²) in [6.45, 7) is 7.12. The highest BCUT2D eigenvalue weighted by Crippen LogP contribution is 2.28. The molecular formula is C24H27ClN6O. The average Bonchev–Trinajstić information content (AvgIpc) is 2.82. The molecule has 8 heteroatoms. The molecule has 0 aliphatic carbocycles. The normalized spacial score (nSPS) is 11.0. The lowest BCUT2D eigenvalue weighted by Crippen LogP contribution is -2.17. The largest absolute Gasteiger partial charge is 0.497 e. The maximum atomic E-state index is 6.06. The number of benzene rings is 2. The molecule has 3 N–H and O–H groups in total. The highest BCUT2D eigenvalue weighted by molar-refractivity contribution is 6.30. The third-order valence-corrected chi connectivity index (χ3v) is 4.91. The number of ether oxygens (including phenoxy) is 1. The highest BCUT2D eigenvalue weighted by Gasteiger charge is 2.07. The van der Waals surface area contributed by atoms with Crippen LogP contribution >= 0.6 is 11.6 Å². The number of methoxy groups -OCH3 is 1. The van der Waals surface area contributed by atoms with E-state index in [0.29, 0.717) is 16.8 Å². The zero-order valence-corrected chi connectivity index (χ0v) is 19.0. The molecule has 0 spiro atoms. The van der Waals surface area contributed by atoms with Crippen LogP contribution in [0.5, 0.6) is 5.75 Å². The number of allylic oxidation sites excluding steroid dienone is 1. The first-order valence-corrected chi connectivity index (χ1v) is 10.7. The van der Waals surface area contributed by atoms with Crippen LogP contribution < -0.4 is 20.7 Å². The molecule has 0 bridgehead atoms. The molecule has 0 amide bonds. The van der Waals surface area contributed by atoms with Crippen molar-refractivity contribution in [1.82, 2.24) is 15.3 Å². The van der Waals surface area contributed by atoms with Gasteiger partial charge in [-0.25, -0.2) is 4.98 Å². The number of aliphatic imine (C=N–C) groups is 1. The Labute approximate surface area is 193 Å². The molecule has 0 fully saturated rings. The molecule has 0 aliphatic rings. The monoisotopic (exact) mass is 450 g/mol. The highest BCUT2D eigenvalue weighted by atomic mass is 35.5. The standard InChI is InChI=1S/C24H27ClN6O/c1-4-21(20-11-6-17(25)16-22(20)26-2)27-13-5-14-28-24-29-15-12-23(31-24)30-18-7-9-19(32-3)10-8-18/h4,6-12,15-16,27H,2,5,13-14H2,1,3H3,(H2,28,29,30,31)/b21-4+. The van der Waals surface area contributed by atoms with E-state index in [1.54, 1.807) is 19.4 Å². The predicted octanol–water partition coefficient (Wildman–Crippen LogP) is 5.67. The lowest BCUT2D eigenvalue weighted by Gasteiger charge is -2.14. The summed E-state index contributed by atoms with van der Waals surface area (Å²) in [6, 6.07) is 15.1. The Bertz CT molecular complexity index is 1070. The molecule has 0 saturated heterocycles. The maximum absolute atomic E-state index is 6.06. The van der Waals surface area contributed by atoms with Crippen molar-refractivity contribution in [2.75, 3.05) is 30.8 Å². The molecule has 166 valence electrons. The average molecular weight is 451 g/mol. The first kappa shape index (κ1) is 23.1. The van der Waals surface area contributed by atoms with Crippen molar-refractivity contribution in [3.8, 4) is 5.75 Å². The van der Waals surface area contributed by atoms with Crippen LogP contribution in [0.15, 0.2) is 65.8 Å². The number of hydrogen-bond acceptors (Lipinski definition) is 7. The minimum Gasteiger partial charge on any atom is -0.497 e. The van der Waals surface area contributed by atoms with Gasteiger partial charge >= 0.3 is 0 Å². The van der Waals surface area contributed by atoms with E-state index in [1.807, 2.05) is 55.5 Å². The first-order valence-electron chi connectivity index (χ1n) is 10.3. The molecule has 0 aliphatic heterocycles. The number of nitrogens with one attached hydrogen (secondary N) is 3. The van der Waals surface area contributed by atoms with Crippen LogP contribution in [-0.2, 0) is 0 Å². The predicted molar refractivity (Wildman–Crippen MR) is 134 cm³/mol. The lowest BCUT2D eigenvalue weighted by atomic mass is 10.1. The SMILES string of the molecule is C=Nc1cc(Cl)ccc1/C(=C\C)NCCCNc1nccc(Nc2ccc(OC)cc2)n1. The smallest absolute Gasteiger partial charge is 0.224 e. The number of anilines is 3. The van der Waals surface area contributed by atoms with E-state index in [-0.39, 0.29) is 0 Å². The fourth-order valence-corrected chi connectivity index (χ4v) is 3.23. The summed E-state index contributed by atoms with van der Waals surface area (Å²) in [4.78, 5) is 12.9. The quantitative estimate of drug-likeness (QED) is 0.258. The molecule has 32 heavy (non-hydrogen) atoms. The van der Waals surface area contributed by atoms with Gasteiger partial charge in [-0.15, -0.1) is 0 Å². The van der Waals surface area contributed by atoms with Crippen LogP contribution in [0.2, 0.25) is 5.02 Å². The molecule has 3 rings (SSSR count). The van der Waals surface area contributed by atoms with E-state index < -0.39 is 0 Å². The van der Waals surface area contributed by atoms with E-state index in [1.165, 1.54) is 0 Å². The van der Waals surface area contributed by atoms with Gasteiger partial charge in [0.1, 0.15) is 11.6 Å². The van der Waals surface area contributed by atoms with E-state index in [0.717, 1.165) is 47.9 Å². The van der Waals surface area contributed by atoms with Crippen LogP contribution in [0.4, 0.5) is 23.1 Å². The molecular weight excluding hydrogens is 424 g/mol. The summed E-state index contributed by atoms with van der Waals surface area (Å²) in [6.07, 6.45) is 4.62. The van der Waals surface area contributed by atoms with Crippen molar-refractivity contribution in [2.45, 2.75) is 13.3 Å². The van der Waals surface area contributed by atoms with E-state index in [2.05, 4.69) is 37.6 Å². The molecule has 1 aromatic heterocycles. The minimum atomic E-state index is 0.575. The van der Waals surface area contributed by atoms with Crippen molar-refractivity contribution < 1.29 is 4.74 Å². The van der Waals surface area contributed by atoms with Crippen LogP contribution in [0.3, 0.4) is 0 Å². The number of rotatable bonds is 11. The Morgan fingerprint density at radius 2 is 1.97 bits per heavy atom. The van der Waals surface area contributed by atoms with Crippen LogP contribution in [-0.4, -0.2) is 36.9 Å². The van der Waals surface area contributed by atoms with Gasteiger partial charge in [0.15, 0.2) is 0 Å². The van der Waals surface area contributed by atoms with Crippen molar-refractivity contribution >= 4 is 47.2 Å². The molecule has 3 aromatic rings. The van der Waals surface area contributed by atoms with Gasteiger partial charge in [-0.05, 0) is 68.6 Å². The van der Waals surface area contributed by atoms with E-state index in [4.69, 9.17) is 16.3 Å². The second-order valence-corrected chi connectivity index (χ2v) is 7.28. The number of halogens is 1. The molecule has 7 nitrogen and oxygen atoms in total. The lowest BCUT2D eigenvalue weighted by molar-refractivity contribution is 0.415. The number of aromatic nitrogens is 2. The minimum absolute atomic E-state index is 0.575. The number of hydrogen-bond donors (Lipinski definition) is 3. The Hall–Kier alpha value is -3.58. The van der Waals surface area contributed by atoms with Gasteiger partial charge in [0.2, 0.25) is 5.95 Å². The Morgan fingerprint density at radius 1 is 1.16 bits per heavy atom. The fraction of sp³-hybridized carbons (Fsp3) is 0.208. The zero-order valence-electron chi connectivity index (χ0n) is 18.2. The van der Waals surface area contributed by atoms with Gasteiger partial charge in [-0.2, -0.15) is 4.98 Å². The second-order valence-electron chi connectivity index (χ2n) is 6.85. The van der Waals surface area contributed by atoms with Gasteiger partial charge in [-0.3, -0.25) is 4.99 Å². The van der Waals surface area contributed by atoms with Gasteiger partial charge in [0.25, 0.3) is 0 Å². The van der Waals surface area contributed by atoms with Crippen LogP contribution in [0.1, 0.15) is 18.9 Å². The number of nitrogens with zero attached hydrogens (tertiary/aromatic N) is 3. The first-order chi connectivity index (χ1) is 15.6. The van der Waals surface area contributed by atoms with Crippen LogP contribution in [0, 0.1) is 0 Å². The second kappa shape index (κ2) is 11.7. The van der Waals surface area contributed by atoms with Crippen molar-refractivity contribution in [2.24, 2.45) is 4.99 Å². The summed E-state index contributed by atoms with van der Waals surface area (Å²) in [5, 5.41) is 10.6. The summed E-state index contributed by atoms with van der Waals surface area (Å²) in [7, 11) is 1.65. The van der Waals surface area contributed by atoms with E-state index >= 15 is 0 Å². The fourth-order valence-electron chi connectivity index (χ4n) is 3.06. The van der Waals surface area contributed by atoms with Gasteiger partial charge in [0.05, 0.1) is 12.8 Å². The summed E-state index contributed by atoms with van der Waals surface area (Å²) in [5.41, 5.74) is 3.64. The Morgan fingerprint density at radius 3 is 2.69 bits per heavy atom. The van der Waals surface area contributed by atoms with Crippen molar-refractivity contribution in [1.29, 1.82) is 0 Å². The molecule has 1 heterocycles. The molecule has 0 radical (unpaired) electrons. The topological polar surface area (TPSA) is 83.5 Å². The van der Waals surface area contributed by atoms with Crippen LogP contribution in [0.25, 0.3) is 5.70 Å². The molecule has 0 atom stereocenters. The third kappa shape index (κ3) is 6.46. The van der Waals surface area contributed by atoms with Gasteiger partial charge in [-0.1, -0.05) is 17.7 Å². The molecule has 0 unspecified atom stereocenters. The molecule has 2 aromatic carbocycles. The summed E-state index contributed by atoms with van der Waals surface area (Å²) < 4.78 is 5.18. The Balaban J connectivity index is 1.48. The molecule has 0 saturated carbocycles. The van der Waals surface area contributed by atoms with Gasteiger partial charge < -0.3 is 20.7 Å². The zero-order chi connectivity index (χ0) is 22.8. The van der Waals surface area contributed by atoms with E-state index in [9.17, 15) is 0 Å². The maximum Gasteiger partial charge on any atom is 0.224 e. The van der Waals surface area contributed by atoms with Crippen molar-refractivity contribution in [3.63, 3.8) is 0 Å². The summed E-state index contributed by atoms with van der Waals surface area (Å²) >= 11 is 6.06. The Kier molecular flexibility index (Phi) is 8.45. The third-order valence-electron chi connectivity index (χ3n) is 4.68. The summed E-state index contributed by atoms with van der Waals surface area (Å²) in [5.74, 6) is 2.10. The van der Waals surface area contributed by atoms with Crippen molar-refractivity contribution in [3.05, 3.63) is 71.4 Å². The van der Waals surface area contributed by atoms with Gasteiger partial charge in [0, 0.05) is 41.3 Å².